The molecule has 30 heavy (non-hydrogen) atoms. The topological polar surface area (TPSA) is 122 Å². The van der Waals surface area contributed by atoms with E-state index in [0.29, 0.717) is 29.6 Å². The molecule has 1 fully saturated rings. The van der Waals surface area contributed by atoms with Crippen LogP contribution in [0, 0.1) is 0 Å². The van der Waals surface area contributed by atoms with E-state index in [1.807, 2.05) is 0 Å². The Hall–Kier alpha value is -3.40. The standard InChI is InChI=1S/C20H20N4O5S/c25-18-7-6-14(24-9-3-11-30(24,28)29)12-17(18)22-19(26)8-10-23-13-21-16-5-2-1-4-15(16)20(23)27/h1-2,4-7,12-13,25H,3,8-11H2,(H,22,26). The van der Waals surface area contributed by atoms with E-state index in [1.165, 1.54) is 33.4 Å². The summed E-state index contributed by atoms with van der Waals surface area (Å²) in [4.78, 5) is 29.1. The summed E-state index contributed by atoms with van der Waals surface area (Å²) in [5, 5.41) is 13.1. The highest BCUT2D eigenvalue weighted by molar-refractivity contribution is 7.93. The maximum Gasteiger partial charge on any atom is 0.261 e. The molecule has 10 heteroatoms. The van der Waals surface area contributed by atoms with Crippen LogP contribution in [0.4, 0.5) is 11.4 Å². The van der Waals surface area contributed by atoms with Crippen molar-refractivity contribution in [2.45, 2.75) is 19.4 Å². The molecule has 2 heterocycles. The molecule has 1 aliphatic rings. The summed E-state index contributed by atoms with van der Waals surface area (Å²) in [6.45, 7) is 0.474. The minimum absolute atomic E-state index is 0.0222. The lowest BCUT2D eigenvalue weighted by atomic mass is 10.2. The lowest BCUT2D eigenvalue weighted by molar-refractivity contribution is -0.116. The number of nitrogens with one attached hydrogen (secondary N) is 1. The van der Waals surface area contributed by atoms with Crippen LogP contribution in [0.25, 0.3) is 10.9 Å². The molecule has 4 rings (SSSR count). The number of rotatable bonds is 5. The van der Waals surface area contributed by atoms with Crippen molar-refractivity contribution >= 4 is 38.2 Å². The molecule has 9 nitrogen and oxygen atoms in total. The lowest BCUT2D eigenvalue weighted by Gasteiger charge is -2.18. The number of nitrogens with zero attached hydrogens (tertiary/aromatic N) is 3. The minimum atomic E-state index is -3.37. The quantitative estimate of drug-likeness (QED) is 0.596. The number of phenols is 1. The van der Waals surface area contributed by atoms with Gasteiger partial charge in [0.1, 0.15) is 5.75 Å². The average molecular weight is 428 g/mol. The fraction of sp³-hybridized carbons (Fsp3) is 0.250. The van der Waals surface area contributed by atoms with Gasteiger partial charge in [0, 0.05) is 19.5 Å². The Morgan fingerprint density at radius 3 is 2.77 bits per heavy atom. The van der Waals surface area contributed by atoms with E-state index in [4.69, 9.17) is 0 Å². The fourth-order valence-corrected chi connectivity index (χ4v) is 4.97. The van der Waals surface area contributed by atoms with Crippen LogP contribution in [0.1, 0.15) is 12.8 Å². The average Bonchev–Trinajstić information content (AvgIpc) is 3.08. The molecular weight excluding hydrogens is 408 g/mol. The molecule has 0 atom stereocenters. The van der Waals surface area contributed by atoms with E-state index in [2.05, 4.69) is 10.3 Å². The van der Waals surface area contributed by atoms with E-state index < -0.39 is 15.9 Å². The predicted octanol–water partition coefficient (Wildman–Crippen LogP) is 1.67. The molecule has 0 radical (unpaired) electrons. The number of sulfonamides is 1. The summed E-state index contributed by atoms with van der Waals surface area (Å²) >= 11 is 0. The van der Waals surface area contributed by atoms with Crippen LogP contribution < -0.4 is 15.2 Å². The van der Waals surface area contributed by atoms with Gasteiger partial charge in [-0.1, -0.05) is 12.1 Å². The number of phenolic OH excluding ortho intramolecular Hbond substituents is 1. The zero-order valence-corrected chi connectivity index (χ0v) is 16.8. The molecule has 0 aliphatic carbocycles. The van der Waals surface area contributed by atoms with Gasteiger partial charge in [-0.15, -0.1) is 0 Å². The highest BCUT2D eigenvalue weighted by Gasteiger charge is 2.28. The monoisotopic (exact) mass is 428 g/mol. The van der Waals surface area contributed by atoms with Crippen LogP contribution in [0.3, 0.4) is 0 Å². The van der Waals surface area contributed by atoms with E-state index in [9.17, 15) is 23.1 Å². The Morgan fingerprint density at radius 2 is 2.00 bits per heavy atom. The highest BCUT2D eigenvalue weighted by Crippen LogP contribution is 2.32. The van der Waals surface area contributed by atoms with Gasteiger partial charge >= 0.3 is 0 Å². The smallest absolute Gasteiger partial charge is 0.261 e. The van der Waals surface area contributed by atoms with Gasteiger partial charge < -0.3 is 10.4 Å². The molecule has 2 aromatic carbocycles. The number of amides is 1. The summed E-state index contributed by atoms with van der Waals surface area (Å²) in [5.41, 5.74) is 0.846. The van der Waals surface area contributed by atoms with Gasteiger partial charge in [0.05, 0.1) is 34.4 Å². The summed E-state index contributed by atoms with van der Waals surface area (Å²) < 4.78 is 26.8. The van der Waals surface area contributed by atoms with Crippen molar-refractivity contribution in [3.8, 4) is 5.75 Å². The molecule has 1 amide bonds. The van der Waals surface area contributed by atoms with Crippen LogP contribution >= 0.6 is 0 Å². The second-order valence-corrected chi connectivity index (χ2v) is 9.01. The predicted molar refractivity (Wildman–Crippen MR) is 113 cm³/mol. The Morgan fingerprint density at radius 1 is 1.20 bits per heavy atom. The van der Waals surface area contributed by atoms with Crippen molar-refractivity contribution < 1.29 is 18.3 Å². The number of aryl methyl sites for hydroxylation is 1. The molecule has 0 saturated carbocycles. The fourth-order valence-electron chi connectivity index (χ4n) is 3.41. The van der Waals surface area contributed by atoms with Crippen molar-refractivity contribution in [2.75, 3.05) is 21.9 Å². The Labute approximate surface area is 172 Å². The number of hydrogen-bond donors (Lipinski definition) is 2. The van der Waals surface area contributed by atoms with E-state index in [0.717, 1.165) is 0 Å². The largest absolute Gasteiger partial charge is 0.506 e. The lowest BCUT2D eigenvalue weighted by Crippen LogP contribution is -2.25. The third-order valence-corrected chi connectivity index (χ3v) is 6.82. The zero-order valence-electron chi connectivity index (χ0n) is 16.0. The van der Waals surface area contributed by atoms with Gasteiger partial charge in [0.25, 0.3) is 5.56 Å². The molecule has 156 valence electrons. The van der Waals surface area contributed by atoms with Crippen molar-refractivity contribution in [1.82, 2.24) is 9.55 Å². The second kappa shape index (κ2) is 7.79. The van der Waals surface area contributed by atoms with E-state index in [1.54, 1.807) is 24.3 Å². The van der Waals surface area contributed by atoms with Crippen molar-refractivity contribution in [3.05, 3.63) is 59.1 Å². The van der Waals surface area contributed by atoms with Crippen molar-refractivity contribution in [2.24, 2.45) is 0 Å². The SMILES string of the molecule is O=C(CCn1cnc2ccccc2c1=O)Nc1cc(N2CCCS2(=O)=O)ccc1O. The van der Waals surface area contributed by atoms with Gasteiger partial charge in [0.15, 0.2) is 0 Å². The summed E-state index contributed by atoms with van der Waals surface area (Å²) in [5.74, 6) is -0.524. The molecule has 2 N–H and O–H groups in total. The third-order valence-electron chi connectivity index (χ3n) is 4.95. The third kappa shape index (κ3) is 3.86. The number of para-hydroxylation sites is 1. The van der Waals surface area contributed by atoms with E-state index in [-0.39, 0.29) is 35.7 Å². The maximum atomic E-state index is 12.5. The number of hydrogen-bond acceptors (Lipinski definition) is 6. The Bertz CT molecular complexity index is 1290. The van der Waals surface area contributed by atoms with E-state index >= 15 is 0 Å². The molecular formula is C20H20N4O5S. The normalized spacial score (nSPS) is 15.4. The number of carbonyl (C=O) groups is 1. The Kier molecular flexibility index (Phi) is 5.17. The van der Waals surface area contributed by atoms with Crippen LogP contribution in [-0.2, 0) is 21.4 Å². The number of benzene rings is 2. The number of aromatic nitrogens is 2. The molecule has 0 bridgehead atoms. The number of aromatic hydroxyl groups is 1. The molecule has 1 aromatic heterocycles. The maximum absolute atomic E-state index is 12.5. The van der Waals surface area contributed by atoms with Gasteiger partial charge in [-0.2, -0.15) is 0 Å². The molecule has 1 saturated heterocycles. The Balaban J connectivity index is 1.48. The summed E-state index contributed by atoms with van der Waals surface area (Å²) in [6.07, 6.45) is 1.90. The van der Waals surface area contributed by atoms with Gasteiger partial charge in [0.2, 0.25) is 15.9 Å². The summed E-state index contributed by atoms with van der Waals surface area (Å²) in [6, 6.07) is 11.2. The van der Waals surface area contributed by atoms with Crippen LogP contribution in [0.2, 0.25) is 0 Å². The van der Waals surface area contributed by atoms with Crippen molar-refractivity contribution in [1.29, 1.82) is 0 Å². The number of fused-ring (bicyclic) bond motifs is 1. The molecule has 1 aliphatic heterocycles. The number of anilines is 2. The first-order chi connectivity index (χ1) is 14.3. The second-order valence-electron chi connectivity index (χ2n) is 7.00. The molecule has 3 aromatic rings. The molecule has 0 spiro atoms. The van der Waals surface area contributed by atoms with Crippen molar-refractivity contribution in [3.63, 3.8) is 0 Å². The van der Waals surface area contributed by atoms with Crippen LogP contribution in [0.15, 0.2) is 53.6 Å². The first kappa shape index (κ1) is 19.9. The summed E-state index contributed by atoms with van der Waals surface area (Å²) in [7, 11) is -3.37. The van der Waals surface area contributed by atoms with Crippen LogP contribution in [-0.4, -0.2) is 41.3 Å². The first-order valence-electron chi connectivity index (χ1n) is 9.43. The first-order valence-corrected chi connectivity index (χ1v) is 11.0. The highest BCUT2D eigenvalue weighted by atomic mass is 32.2. The minimum Gasteiger partial charge on any atom is -0.506 e. The van der Waals surface area contributed by atoms with Gasteiger partial charge in [-0.25, -0.2) is 13.4 Å². The number of carbonyl (C=O) groups excluding carboxylic acids is 1. The van der Waals surface area contributed by atoms with Gasteiger partial charge in [-0.3, -0.25) is 18.5 Å². The molecule has 0 unspecified atom stereocenters. The van der Waals surface area contributed by atoms with Crippen LogP contribution in [0.5, 0.6) is 5.75 Å². The zero-order chi connectivity index (χ0) is 21.3. The van der Waals surface area contributed by atoms with Gasteiger partial charge in [-0.05, 0) is 36.8 Å².